The third-order valence-corrected chi connectivity index (χ3v) is 8.83. The van der Waals surface area contributed by atoms with Gasteiger partial charge in [0, 0.05) is 5.92 Å². The summed E-state index contributed by atoms with van der Waals surface area (Å²) in [6.07, 6.45) is -1.78. The van der Waals surface area contributed by atoms with E-state index in [0.29, 0.717) is 0 Å². The molecule has 3 aliphatic rings. The van der Waals surface area contributed by atoms with Crippen LogP contribution in [0, 0.1) is 23.7 Å². The van der Waals surface area contributed by atoms with Crippen molar-refractivity contribution in [3.05, 3.63) is 23.3 Å². The van der Waals surface area contributed by atoms with E-state index in [1.54, 1.807) is 6.92 Å². The Labute approximate surface area is 251 Å². The van der Waals surface area contributed by atoms with E-state index in [4.69, 9.17) is 15.2 Å². The van der Waals surface area contributed by atoms with Crippen LogP contribution in [-0.2, 0) is 38.2 Å². The van der Waals surface area contributed by atoms with Gasteiger partial charge in [-0.05, 0) is 45.5 Å². The first-order valence-electron chi connectivity index (χ1n) is 14.1. The van der Waals surface area contributed by atoms with Crippen LogP contribution in [0.1, 0.15) is 42.6 Å². The summed E-state index contributed by atoms with van der Waals surface area (Å²) < 4.78 is 9.84. The van der Waals surface area contributed by atoms with Gasteiger partial charge in [-0.1, -0.05) is 13.0 Å². The summed E-state index contributed by atoms with van der Waals surface area (Å²) in [5, 5.41) is 37.1. The van der Waals surface area contributed by atoms with Crippen molar-refractivity contribution < 1.29 is 58.4 Å². The Morgan fingerprint density at radius 3 is 2.11 bits per heavy atom. The first-order chi connectivity index (χ1) is 20.6. The number of amides is 1. The molecule has 15 nitrogen and oxygen atoms in total. The van der Waals surface area contributed by atoms with E-state index in [-0.39, 0.29) is 24.5 Å². The van der Waals surface area contributed by atoms with Crippen molar-refractivity contribution >= 4 is 46.7 Å². The predicted molar refractivity (Wildman–Crippen MR) is 148 cm³/mol. The Balaban J connectivity index is 1.84. The molecule has 238 valence electrons. The van der Waals surface area contributed by atoms with Crippen LogP contribution in [0.25, 0.3) is 0 Å². The van der Waals surface area contributed by atoms with Crippen molar-refractivity contribution in [2.24, 2.45) is 29.4 Å². The number of aliphatic hydroxyl groups excluding tert-OH is 1. The van der Waals surface area contributed by atoms with Crippen LogP contribution >= 0.6 is 0 Å². The molecular formula is C29H35N3O12. The molecule has 8 atom stereocenters. The minimum absolute atomic E-state index is 0.0738. The number of ketones is 4. The van der Waals surface area contributed by atoms with E-state index >= 15 is 0 Å². The van der Waals surface area contributed by atoms with Gasteiger partial charge in [0.05, 0.1) is 48.4 Å². The van der Waals surface area contributed by atoms with Gasteiger partial charge in [-0.2, -0.15) is 0 Å². The lowest BCUT2D eigenvalue weighted by Gasteiger charge is -2.56. The Morgan fingerprint density at radius 1 is 1.05 bits per heavy atom. The highest BCUT2D eigenvalue weighted by Gasteiger charge is 2.72. The van der Waals surface area contributed by atoms with Crippen molar-refractivity contribution in [2.45, 2.75) is 50.5 Å². The molecule has 6 N–H and O–H groups in total. The number of carbonyl (C=O) groups excluding carboxylic acids is 7. The molecular weight excluding hydrogens is 582 g/mol. The fraction of sp³-hybridized carbons (Fsp3) is 0.552. The number of aromatic hydroxyl groups is 1. The van der Waals surface area contributed by atoms with E-state index in [2.05, 4.69) is 5.32 Å². The Bertz CT molecular complexity index is 1440. The second-order valence-corrected chi connectivity index (χ2v) is 11.4. The zero-order valence-corrected chi connectivity index (χ0v) is 24.7. The zero-order chi connectivity index (χ0) is 33.0. The second-order valence-electron chi connectivity index (χ2n) is 11.4. The quantitative estimate of drug-likeness (QED) is 0.124. The molecule has 44 heavy (non-hydrogen) atoms. The SMILES string of the molecule is CCOC(=O)C(Nc1ccc2c(c1O)C(=O)C1C(=O)[C@@]3(O)C(=O)C(C(N)=O)C(=O)[C@H](N(C)C)[C@H]3[C@H](O)[C@H]1[C@@H]2C)C(=O)OCC. The van der Waals surface area contributed by atoms with Gasteiger partial charge in [0.2, 0.25) is 11.9 Å². The Morgan fingerprint density at radius 2 is 1.61 bits per heavy atom. The molecule has 4 rings (SSSR count). The Kier molecular flexibility index (Phi) is 8.70. The molecule has 0 heterocycles. The number of rotatable bonds is 8. The smallest absolute Gasteiger partial charge is 0.340 e. The lowest BCUT2D eigenvalue weighted by Crippen LogP contribution is -2.77. The number of esters is 2. The summed E-state index contributed by atoms with van der Waals surface area (Å²) in [4.78, 5) is 93.2. The van der Waals surface area contributed by atoms with Crippen molar-refractivity contribution in [1.82, 2.24) is 4.90 Å². The topological polar surface area (TPSA) is 240 Å². The molecule has 15 heteroatoms. The molecule has 0 aromatic heterocycles. The number of fused-ring (bicyclic) bond motifs is 3. The number of Topliss-reactive ketones (excluding diaryl/α,β-unsaturated/α-hetero) is 4. The summed E-state index contributed by atoms with van der Waals surface area (Å²) in [5.41, 5.74) is 1.68. The van der Waals surface area contributed by atoms with Gasteiger partial charge in [-0.25, -0.2) is 9.59 Å². The molecule has 0 bridgehead atoms. The molecule has 3 aliphatic carbocycles. The summed E-state index contributed by atoms with van der Waals surface area (Å²) >= 11 is 0. The van der Waals surface area contributed by atoms with Crippen molar-refractivity contribution in [3.63, 3.8) is 0 Å². The summed E-state index contributed by atoms with van der Waals surface area (Å²) in [6, 6.07) is -0.536. The van der Waals surface area contributed by atoms with E-state index in [1.165, 1.54) is 45.0 Å². The molecule has 0 spiro atoms. The highest BCUT2D eigenvalue weighted by molar-refractivity contribution is 6.32. The van der Waals surface area contributed by atoms with Crippen LogP contribution in [0.4, 0.5) is 5.69 Å². The molecule has 1 amide bonds. The number of nitrogens with one attached hydrogen (secondary N) is 1. The normalized spacial score (nSPS) is 31.2. The number of phenols is 1. The van der Waals surface area contributed by atoms with Gasteiger partial charge >= 0.3 is 11.9 Å². The van der Waals surface area contributed by atoms with Crippen molar-refractivity contribution in [1.29, 1.82) is 0 Å². The summed E-state index contributed by atoms with van der Waals surface area (Å²) in [7, 11) is 2.80. The van der Waals surface area contributed by atoms with Crippen LogP contribution in [0.2, 0.25) is 0 Å². The molecule has 1 aromatic rings. The van der Waals surface area contributed by atoms with Gasteiger partial charge in [-0.15, -0.1) is 0 Å². The highest BCUT2D eigenvalue weighted by Crippen LogP contribution is 2.55. The van der Waals surface area contributed by atoms with Crippen LogP contribution in [-0.4, -0.2) is 112 Å². The largest absolute Gasteiger partial charge is 0.505 e. The second kappa shape index (κ2) is 11.7. The number of nitrogens with two attached hydrogens (primary N) is 1. The number of carbonyl (C=O) groups is 7. The number of primary amides is 1. The molecule has 2 saturated carbocycles. The summed E-state index contributed by atoms with van der Waals surface area (Å²) in [6.45, 7) is 4.44. The monoisotopic (exact) mass is 617 g/mol. The van der Waals surface area contributed by atoms with Gasteiger partial charge in [0.15, 0.2) is 34.7 Å². The number of benzene rings is 1. The number of likely N-dealkylation sites (N-methyl/N-ethyl adjacent to an activating group) is 1. The standard InChI is InChI=1S/C29H35N3O12/c1-6-43-27(40)18(28(41)44-7-2)31-12-9-8-11-10(3)13-15(21(34)14(11)20(12)33)24(37)29(42)17(22(13)35)19(32(4)5)23(36)16(25(29)38)26(30)39/h8-10,13,15-19,22,31,33,35,42H,6-7H2,1-5H3,(H2,30,39)/t10-,13+,15?,16?,17+,19-,22-,29-/m1/s1. The maximum atomic E-state index is 14.1. The van der Waals surface area contributed by atoms with Crippen molar-refractivity contribution in [2.75, 3.05) is 32.6 Å². The number of phenolic OH excluding ortho intramolecular Hbond substituents is 1. The number of ether oxygens (including phenoxy) is 2. The lowest BCUT2D eigenvalue weighted by molar-refractivity contribution is -0.196. The predicted octanol–water partition coefficient (Wildman–Crippen LogP) is -1.69. The first kappa shape index (κ1) is 32.7. The number of nitrogens with zero attached hydrogens (tertiary/aromatic N) is 1. The lowest BCUT2D eigenvalue weighted by atomic mass is 9.49. The number of anilines is 1. The summed E-state index contributed by atoms with van der Waals surface area (Å²) in [5.74, 6) is -17.0. The molecule has 0 radical (unpaired) electrons. The minimum Gasteiger partial charge on any atom is -0.505 e. The highest BCUT2D eigenvalue weighted by atomic mass is 16.6. The first-order valence-corrected chi connectivity index (χ1v) is 14.1. The average Bonchev–Trinajstić information content (AvgIpc) is 2.94. The third kappa shape index (κ3) is 4.66. The fourth-order valence-corrected chi connectivity index (χ4v) is 6.93. The number of aliphatic hydroxyl groups is 2. The number of hydrogen-bond donors (Lipinski definition) is 5. The van der Waals surface area contributed by atoms with Crippen LogP contribution < -0.4 is 11.1 Å². The van der Waals surface area contributed by atoms with Gasteiger partial charge in [-0.3, -0.25) is 28.9 Å². The molecule has 0 saturated heterocycles. The van der Waals surface area contributed by atoms with E-state index in [9.17, 15) is 48.9 Å². The van der Waals surface area contributed by atoms with Gasteiger partial charge < -0.3 is 35.8 Å². The average molecular weight is 618 g/mol. The molecule has 2 fully saturated rings. The van der Waals surface area contributed by atoms with E-state index < -0.39 is 106 Å². The molecule has 0 aliphatic heterocycles. The van der Waals surface area contributed by atoms with Gasteiger partial charge in [0.1, 0.15) is 5.75 Å². The van der Waals surface area contributed by atoms with Gasteiger partial charge in [0.25, 0.3) is 0 Å². The van der Waals surface area contributed by atoms with Crippen molar-refractivity contribution in [3.8, 4) is 5.75 Å². The number of hydrogen-bond acceptors (Lipinski definition) is 14. The Hall–Kier alpha value is -4.21. The van der Waals surface area contributed by atoms with E-state index in [1.807, 2.05) is 0 Å². The molecule has 1 aromatic carbocycles. The maximum absolute atomic E-state index is 14.1. The molecule has 2 unspecified atom stereocenters. The third-order valence-electron chi connectivity index (χ3n) is 8.83. The van der Waals surface area contributed by atoms with Crippen LogP contribution in [0.5, 0.6) is 5.75 Å². The maximum Gasteiger partial charge on any atom is 0.340 e. The fourth-order valence-electron chi connectivity index (χ4n) is 6.93. The van der Waals surface area contributed by atoms with Crippen LogP contribution in [0.3, 0.4) is 0 Å². The van der Waals surface area contributed by atoms with Crippen LogP contribution in [0.15, 0.2) is 12.1 Å². The zero-order valence-electron chi connectivity index (χ0n) is 24.7. The van der Waals surface area contributed by atoms with E-state index in [0.717, 1.165) is 0 Å². The minimum atomic E-state index is -3.14.